The average molecular weight is 572 g/mol. The van der Waals surface area contributed by atoms with Gasteiger partial charge in [0, 0.05) is 33.8 Å². The minimum Gasteiger partial charge on any atom is 0 e. The molecule has 0 atom stereocenters. The second kappa shape index (κ2) is 57.9. The van der Waals surface area contributed by atoms with Gasteiger partial charge in [0.25, 0.3) is 0 Å². The zero-order valence-corrected chi connectivity index (χ0v) is 21.6. The van der Waals surface area contributed by atoms with Crippen LogP contribution in [0.3, 0.4) is 0 Å². The van der Waals surface area contributed by atoms with Gasteiger partial charge in [-0.1, -0.05) is 36.4 Å². The third-order valence-electron chi connectivity index (χ3n) is 3.19. The summed E-state index contributed by atoms with van der Waals surface area (Å²) in [5, 5.41) is 17.3. The van der Waals surface area contributed by atoms with E-state index in [-0.39, 0.29) is 33.8 Å². The van der Waals surface area contributed by atoms with Gasteiger partial charge in [0.15, 0.2) is 0 Å². The van der Waals surface area contributed by atoms with E-state index < -0.39 is 0 Å². The van der Waals surface area contributed by atoms with Crippen LogP contribution in [0.5, 0.6) is 0 Å². The van der Waals surface area contributed by atoms with E-state index >= 15 is 0 Å². The predicted molar refractivity (Wildman–Crippen MR) is 109 cm³/mol. The first-order valence-electron chi connectivity index (χ1n) is 7.86. The van der Waals surface area contributed by atoms with Gasteiger partial charge in [-0.15, -0.1) is 0 Å². The van der Waals surface area contributed by atoms with Crippen LogP contribution >= 0.6 is 0 Å². The molecule has 0 saturated heterocycles. The zero-order chi connectivity index (χ0) is 29.1. The molecule has 0 amide bonds. The van der Waals surface area contributed by atoms with Crippen LogP contribution in [-0.2, 0) is 66.4 Å². The van der Waals surface area contributed by atoms with Crippen molar-refractivity contribution in [3.05, 3.63) is 116 Å². The van der Waals surface area contributed by atoms with Gasteiger partial charge in [0.1, 0.15) is 0 Å². The van der Waals surface area contributed by atoms with Gasteiger partial charge in [-0.3, -0.25) is 0 Å². The number of hydrogen-bond donors (Lipinski definition) is 0. The van der Waals surface area contributed by atoms with E-state index in [4.69, 9.17) is 43.1 Å². The van der Waals surface area contributed by atoms with Crippen LogP contribution in [0.15, 0.2) is 36.4 Å². The van der Waals surface area contributed by atoms with E-state index in [0.717, 1.165) is 33.4 Å². The molecule has 0 heterocycles. The molecule has 0 unspecified atom stereocenters. The van der Waals surface area contributed by atoms with Crippen LogP contribution in [0.4, 0.5) is 0 Å². The number of hydrogen-bond acceptors (Lipinski definition) is 2. The molecule has 11 heteroatoms. The third-order valence-corrected chi connectivity index (χ3v) is 3.19. The molecular weight excluding hydrogens is 554 g/mol. The van der Waals surface area contributed by atoms with Crippen molar-refractivity contribution in [2.24, 2.45) is 0 Å². The fourth-order valence-electron chi connectivity index (χ4n) is 1.98. The van der Waals surface area contributed by atoms with Crippen LogP contribution in [0.2, 0.25) is 0 Å². The van der Waals surface area contributed by atoms with Gasteiger partial charge in [-0.25, -0.2) is 0 Å². The molecule has 36 heavy (non-hydrogen) atoms. The summed E-state index contributed by atoms with van der Waals surface area (Å²) in [7, 11) is 0. The van der Waals surface area contributed by atoms with Gasteiger partial charge in [0.2, 0.25) is 0 Å². The molecule has 186 valence electrons. The fourth-order valence-corrected chi connectivity index (χ4v) is 1.98. The van der Waals surface area contributed by atoms with Crippen molar-refractivity contribution in [2.75, 3.05) is 0 Å². The summed E-state index contributed by atoms with van der Waals surface area (Å²) in [5.74, 6) is 0. The Hall–Kier alpha value is -3.37. The van der Waals surface area contributed by atoms with Crippen molar-refractivity contribution in [1.29, 1.82) is 10.5 Å². The van der Waals surface area contributed by atoms with E-state index in [1.165, 1.54) is 0 Å². The molecule has 0 aliphatic rings. The van der Waals surface area contributed by atoms with Crippen LogP contribution in [-0.4, -0.2) is 0 Å². The number of aryl methyl sites for hydroxylation is 4. The van der Waals surface area contributed by atoms with Crippen molar-refractivity contribution in [3.63, 3.8) is 0 Å². The molecule has 2 radical (unpaired) electrons. The summed E-state index contributed by atoms with van der Waals surface area (Å²) in [6.07, 6.45) is 0. The van der Waals surface area contributed by atoms with Crippen molar-refractivity contribution in [1.82, 2.24) is 0 Å². The Bertz CT molecular complexity index is 850. The van der Waals surface area contributed by atoms with Gasteiger partial charge < -0.3 is 0 Å². The standard InChI is InChI=1S/2C9H9N.7CO.Co.Mn/c2*1-7-4-3-5-8(2)9(7)6-10;7*1-2;;/h2*3-5H,1-2H3;;;;;;;;;. The SMILES string of the molecule is Cc1cccc(C)c1C#N.Cc1cccc(C)c1C#N.[C-]#[O+].[C-]#[O+].[C-]#[O+].[C-]#[O+].[C-]#[O+].[C-]#[O+].[C-]#[O+].[Co].[Mn]. The van der Waals surface area contributed by atoms with Crippen molar-refractivity contribution in [3.8, 4) is 12.1 Å². The average Bonchev–Trinajstić information content (AvgIpc) is 2.93. The Morgan fingerprint density at radius 3 is 0.694 bits per heavy atom. The molecule has 0 aliphatic heterocycles. The minimum absolute atomic E-state index is 0. The van der Waals surface area contributed by atoms with Crippen LogP contribution in [0.25, 0.3) is 0 Å². The molecule has 0 N–H and O–H groups in total. The maximum absolute atomic E-state index is 8.65. The second-order valence-electron chi connectivity index (χ2n) is 4.76. The minimum atomic E-state index is 0. The first-order chi connectivity index (χ1) is 16.5. The first-order valence-corrected chi connectivity index (χ1v) is 7.86. The normalized spacial score (nSPS) is 5.33. The molecule has 0 aliphatic carbocycles. The summed E-state index contributed by atoms with van der Waals surface area (Å²) in [6, 6.07) is 16.1. The summed E-state index contributed by atoms with van der Waals surface area (Å²) in [4.78, 5) is 0. The Labute approximate surface area is 232 Å². The topological polar surface area (TPSA) is 187 Å². The van der Waals surface area contributed by atoms with E-state index in [1.54, 1.807) is 0 Å². The molecule has 2 aromatic carbocycles. The van der Waals surface area contributed by atoms with Gasteiger partial charge in [-0.2, -0.15) is 10.5 Å². The molecule has 9 nitrogen and oxygen atoms in total. The maximum atomic E-state index is 8.65. The zero-order valence-electron chi connectivity index (χ0n) is 19.4. The molecule has 0 spiro atoms. The van der Waals surface area contributed by atoms with E-state index in [0.29, 0.717) is 0 Å². The smallest absolute Gasteiger partial charge is 0 e. The molecule has 0 aromatic heterocycles. The molecule has 2 aromatic rings. The van der Waals surface area contributed by atoms with Crippen molar-refractivity contribution >= 4 is 0 Å². The summed E-state index contributed by atoms with van der Waals surface area (Å²) in [6.45, 7) is 39.3. The quantitative estimate of drug-likeness (QED) is 0.262. The van der Waals surface area contributed by atoms with Crippen LogP contribution in [0, 0.1) is 96.9 Å². The van der Waals surface area contributed by atoms with Gasteiger partial charge in [0.05, 0.1) is 23.3 Å². The van der Waals surface area contributed by atoms with E-state index in [1.807, 2.05) is 64.1 Å². The monoisotopic (exact) mass is 572 g/mol. The van der Waals surface area contributed by atoms with Crippen LogP contribution in [0.1, 0.15) is 33.4 Å². The second-order valence-corrected chi connectivity index (χ2v) is 4.76. The van der Waals surface area contributed by atoms with E-state index in [9.17, 15) is 0 Å². The summed E-state index contributed by atoms with van der Waals surface area (Å²) in [5.41, 5.74) is 5.85. The molecular formula is C25H18CoMnN2O7. The van der Waals surface area contributed by atoms with Crippen LogP contribution < -0.4 is 0 Å². The van der Waals surface area contributed by atoms with Crippen molar-refractivity contribution < 1.29 is 66.4 Å². The molecule has 0 saturated carbocycles. The number of benzene rings is 2. The third kappa shape index (κ3) is 32.8. The van der Waals surface area contributed by atoms with Gasteiger partial charge in [-0.05, 0) is 49.9 Å². The molecule has 0 bridgehead atoms. The Morgan fingerprint density at radius 2 is 0.611 bits per heavy atom. The maximum Gasteiger partial charge on any atom is 0 e. The van der Waals surface area contributed by atoms with Gasteiger partial charge >= 0.3 is 79.1 Å². The Kier molecular flexibility index (Phi) is 94.1. The first kappa shape index (κ1) is 58.5. The van der Waals surface area contributed by atoms with E-state index in [2.05, 4.69) is 58.7 Å². The number of nitrogens with zero attached hydrogens (tertiary/aromatic N) is 2. The Balaban J connectivity index is -0.0000000376. The summed E-state index contributed by atoms with van der Waals surface area (Å²) >= 11 is 0. The Morgan fingerprint density at radius 1 is 0.472 bits per heavy atom. The number of nitriles is 2. The predicted octanol–water partition coefficient (Wildman–Crippen LogP) is 4.08. The summed E-state index contributed by atoms with van der Waals surface area (Å²) < 4.78 is 52.5. The largest absolute Gasteiger partial charge is 0 e. The number of rotatable bonds is 0. The molecule has 0 fully saturated rings. The van der Waals surface area contributed by atoms with Crippen molar-refractivity contribution in [2.45, 2.75) is 27.7 Å². The molecule has 2 rings (SSSR count). The fraction of sp³-hybridized carbons (Fsp3) is 0.160.